The van der Waals surface area contributed by atoms with Crippen LogP contribution in [-0.4, -0.2) is 43.1 Å². The van der Waals surface area contributed by atoms with E-state index in [1.165, 1.54) is 23.5 Å². The molecule has 2 N–H and O–H groups in total. The number of hydrogen-bond donors (Lipinski definition) is 2. The number of benzene rings is 1. The summed E-state index contributed by atoms with van der Waals surface area (Å²) in [5, 5.41) is 1.38. The fraction of sp³-hybridized carbons (Fsp3) is 0.312. The van der Waals surface area contributed by atoms with Crippen LogP contribution in [0.1, 0.15) is 25.7 Å². The monoisotopic (exact) mass is 414 g/mol. The second kappa shape index (κ2) is 8.22. The Morgan fingerprint density at radius 1 is 1.19 bits per heavy atom. The van der Waals surface area contributed by atoms with Gasteiger partial charge >= 0.3 is 0 Å². The highest BCUT2D eigenvalue weighted by Crippen LogP contribution is 2.26. The summed E-state index contributed by atoms with van der Waals surface area (Å²) in [7, 11) is 0. The number of rotatable bonds is 3. The summed E-state index contributed by atoms with van der Waals surface area (Å²) in [5.41, 5.74) is 5.51. The van der Waals surface area contributed by atoms with Crippen LogP contribution in [0.2, 0.25) is 10.0 Å². The maximum absolute atomic E-state index is 12.4. The zero-order valence-corrected chi connectivity index (χ0v) is 16.2. The number of halogens is 2. The molecule has 3 rings (SSSR count). The number of nitrogens with zero attached hydrogens (tertiary/aromatic N) is 2. The van der Waals surface area contributed by atoms with Gasteiger partial charge in [-0.05, 0) is 25.1 Å². The number of aromatic nitrogens is 1. The lowest BCUT2D eigenvalue weighted by molar-refractivity contribution is 0.0848. The van der Waals surface area contributed by atoms with Crippen molar-refractivity contribution in [3.05, 3.63) is 44.4 Å². The molecule has 1 aromatic carbocycles. The van der Waals surface area contributed by atoms with Gasteiger partial charge in [-0.15, -0.1) is 0 Å². The lowest BCUT2D eigenvalue weighted by atomic mass is 10.2. The standard InChI is InChI=1S/C16H16Cl2N4O3S/c1-9-13(26-16(19-9)22-4-6-25-7-5-22)15(24)21-20-14(23)11-8-10(17)2-3-12(11)18/h2-3,8H,4-7H2,1H3,(H,20,23)(H,21,24). The summed E-state index contributed by atoms with van der Waals surface area (Å²) >= 11 is 13.1. The van der Waals surface area contributed by atoms with Crippen LogP contribution < -0.4 is 15.8 Å². The molecule has 2 amide bonds. The smallest absolute Gasteiger partial charge is 0.281 e. The first-order valence-electron chi connectivity index (χ1n) is 7.81. The van der Waals surface area contributed by atoms with E-state index < -0.39 is 11.8 Å². The van der Waals surface area contributed by atoms with Crippen molar-refractivity contribution in [2.45, 2.75) is 6.92 Å². The highest BCUT2D eigenvalue weighted by Gasteiger charge is 2.21. The maximum atomic E-state index is 12.4. The Morgan fingerprint density at radius 3 is 2.62 bits per heavy atom. The van der Waals surface area contributed by atoms with Gasteiger partial charge in [0.25, 0.3) is 11.8 Å². The number of carbonyl (C=O) groups excluding carboxylic acids is 2. The minimum atomic E-state index is -0.554. The first kappa shape index (κ1) is 18.9. The van der Waals surface area contributed by atoms with Gasteiger partial charge in [0.2, 0.25) is 0 Å². The number of amides is 2. The normalized spacial score (nSPS) is 14.2. The molecular weight excluding hydrogens is 399 g/mol. The van der Waals surface area contributed by atoms with Crippen molar-refractivity contribution in [1.29, 1.82) is 0 Å². The van der Waals surface area contributed by atoms with E-state index in [-0.39, 0.29) is 10.6 Å². The molecule has 0 spiro atoms. The molecule has 0 aliphatic carbocycles. The van der Waals surface area contributed by atoms with Gasteiger partial charge in [0, 0.05) is 18.1 Å². The molecule has 0 bridgehead atoms. The highest BCUT2D eigenvalue weighted by molar-refractivity contribution is 7.17. The third-order valence-corrected chi connectivity index (χ3v) is 5.52. The molecule has 1 aromatic heterocycles. The van der Waals surface area contributed by atoms with Gasteiger partial charge in [0.15, 0.2) is 5.13 Å². The van der Waals surface area contributed by atoms with Crippen molar-refractivity contribution in [3.63, 3.8) is 0 Å². The van der Waals surface area contributed by atoms with Crippen LogP contribution in [0.3, 0.4) is 0 Å². The molecule has 7 nitrogen and oxygen atoms in total. The Labute approximate surface area is 164 Å². The van der Waals surface area contributed by atoms with Crippen LogP contribution in [0.15, 0.2) is 18.2 Å². The van der Waals surface area contributed by atoms with E-state index in [0.717, 1.165) is 18.2 Å². The second-order valence-electron chi connectivity index (χ2n) is 5.54. The zero-order chi connectivity index (χ0) is 18.7. The summed E-state index contributed by atoms with van der Waals surface area (Å²) < 4.78 is 5.32. The van der Waals surface area contributed by atoms with E-state index in [1.807, 2.05) is 0 Å². The van der Waals surface area contributed by atoms with E-state index in [0.29, 0.717) is 28.8 Å². The number of aryl methyl sites for hydroxylation is 1. The van der Waals surface area contributed by atoms with E-state index in [4.69, 9.17) is 27.9 Å². The molecule has 1 aliphatic heterocycles. The maximum Gasteiger partial charge on any atom is 0.281 e. The molecular formula is C16H16Cl2N4O3S. The van der Waals surface area contributed by atoms with Crippen LogP contribution in [0.5, 0.6) is 0 Å². The van der Waals surface area contributed by atoms with Crippen molar-refractivity contribution in [1.82, 2.24) is 15.8 Å². The summed E-state index contributed by atoms with van der Waals surface area (Å²) in [4.78, 5) is 31.5. The molecule has 2 aromatic rings. The topological polar surface area (TPSA) is 83.6 Å². The van der Waals surface area contributed by atoms with Gasteiger partial charge in [-0.1, -0.05) is 34.5 Å². The first-order valence-corrected chi connectivity index (χ1v) is 9.39. The number of thiazole rings is 1. The predicted octanol–water partition coefficient (Wildman–Crippen LogP) is 2.67. The van der Waals surface area contributed by atoms with Gasteiger partial charge in [0.1, 0.15) is 4.88 Å². The molecule has 10 heteroatoms. The Morgan fingerprint density at radius 2 is 1.88 bits per heavy atom. The lowest BCUT2D eigenvalue weighted by Gasteiger charge is -2.25. The molecule has 26 heavy (non-hydrogen) atoms. The van der Waals surface area contributed by atoms with Gasteiger partial charge in [-0.3, -0.25) is 20.4 Å². The van der Waals surface area contributed by atoms with Gasteiger partial charge < -0.3 is 9.64 Å². The number of hydrogen-bond acceptors (Lipinski definition) is 6. The molecule has 0 unspecified atom stereocenters. The summed E-state index contributed by atoms with van der Waals surface area (Å²) in [5.74, 6) is -0.993. The summed E-state index contributed by atoms with van der Waals surface area (Å²) in [6.07, 6.45) is 0. The average molecular weight is 415 g/mol. The van der Waals surface area contributed by atoms with Crippen LogP contribution in [0.25, 0.3) is 0 Å². The van der Waals surface area contributed by atoms with Crippen molar-refractivity contribution < 1.29 is 14.3 Å². The Hall–Kier alpha value is -1.87. The van der Waals surface area contributed by atoms with E-state index >= 15 is 0 Å². The third-order valence-electron chi connectivity index (χ3n) is 3.74. The van der Waals surface area contributed by atoms with Crippen LogP contribution in [0, 0.1) is 6.92 Å². The second-order valence-corrected chi connectivity index (χ2v) is 7.36. The fourth-order valence-corrected chi connectivity index (χ4v) is 3.78. The molecule has 1 saturated heterocycles. The predicted molar refractivity (Wildman–Crippen MR) is 101 cm³/mol. The van der Waals surface area contributed by atoms with Crippen molar-refractivity contribution in [2.75, 3.05) is 31.2 Å². The summed E-state index contributed by atoms with van der Waals surface area (Å²) in [6, 6.07) is 4.52. The molecule has 0 saturated carbocycles. The van der Waals surface area contributed by atoms with Gasteiger partial charge in [-0.25, -0.2) is 4.98 Å². The quantitative estimate of drug-likeness (QED) is 0.754. The number of ether oxygens (including phenoxy) is 1. The van der Waals surface area contributed by atoms with Crippen molar-refractivity contribution in [2.24, 2.45) is 0 Å². The molecule has 2 heterocycles. The van der Waals surface area contributed by atoms with Crippen molar-refractivity contribution >= 4 is 51.5 Å². The van der Waals surface area contributed by atoms with Crippen LogP contribution in [0.4, 0.5) is 5.13 Å². The Kier molecular flexibility index (Phi) is 5.98. The lowest BCUT2D eigenvalue weighted by Crippen LogP contribution is -2.41. The fourth-order valence-electron chi connectivity index (χ4n) is 2.39. The van der Waals surface area contributed by atoms with E-state index in [1.54, 1.807) is 13.0 Å². The van der Waals surface area contributed by atoms with Crippen molar-refractivity contribution in [3.8, 4) is 0 Å². The number of carbonyl (C=O) groups is 2. The highest BCUT2D eigenvalue weighted by atomic mass is 35.5. The Bertz CT molecular complexity index is 837. The molecule has 138 valence electrons. The number of anilines is 1. The van der Waals surface area contributed by atoms with Crippen LogP contribution in [-0.2, 0) is 4.74 Å². The Balaban J connectivity index is 1.65. The van der Waals surface area contributed by atoms with E-state index in [9.17, 15) is 9.59 Å². The molecule has 0 atom stereocenters. The minimum Gasteiger partial charge on any atom is -0.378 e. The largest absolute Gasteiger partial charge is 0.378 e. The molecule has 0 radical (unpaired) electrons. The zero-order valence-electron chi connectivity index (χ0n) is 13.8. The summed E-state index contributed by atoms with van der Waals surface area (Å²) in [6.45, 7) is 4.49. The van der Waals surface area contributed by atoms with E-state index in [2.05, 4.69) is 20.7 Å². The number of hydrazine groups is 1. The van der Waals surface area contributed by atoms with Crippen LogP contribution >= 0.6 is 34.5 Å². The third kappa shape index (κ3) is 4.27. The van der Waals surface area contributed by atoms with Gasteiger partial charge in [0.05, 0.1) is 29.5 Å². The first-order chi connectivity index (χ1) is 12.5. The number of nitrogens with one attached hydrogen (secondary N) is 2. The molecule has 1 fully saturated rings. The average Bonchev–Trinajstić information content (AvgIpc) is 3.04. The number of morpholine rings is 1. The molecule has 1 aliphatic rings. The van der Waals surface area contributed by atoms with Gasteiger partial charge in [-0.2, -0.15) is 0 Å². The SMILES string of the molecule is Cc1nc(N2CCOCC2)sc1C(=O)NNC(=O)c1cc(Cl)ccc1Cl. The minimum absolute atomic E-state index is 0.175.